The van der Waals surface area contributed by atoms with Crippen LogP contribution in [0.4, 0.5) is 0 Å². The van der Waals surface area contributed by atoms with E-state index in [-0.39, 0.29) is 5.75 Å². The van der Waals surface area contributed by atoms with Crippen LogP contribution < -0.4 is 0 Å². The first-order valence-electron chi connectivity index (χ1n) is 3.41. The second kappa shape index (κ2) is 4.26. The Bertz CT molecular complexity index is 208. The number of hydrogen-bond donors (Lipinski definition) is 1. The summed E-state index contributed by atoms with van der Waals surface area (Å²) in [7, 11) is 0. The third kappa shape index (κ3) is 2.82. The quantitative estimate of drug-likeness (QED) is 0.706. The van der Waals surface area contributed by atoms with Crippen LogP contribution in [0.3, 0.4) is 0 Å². The number of hydrogen-bond acceptors (Lipinski definition) is 3. The van der Waals surface area contributed by atoms with E-state index in [2.05, 4.69) is 0 Å². The summed E-state index contributed by atoms with van der Waals surface area (Å²) in [6, 6.07) is 6.91. The van der Waals surface area contributed by atoms with E-state index in [1.54, 1.807) is 12.1 Å². The minimum absolute atomic E-state index is 0.283. The summed E-state index contributed by atoms with van der Waals surface area (Å²) in [6.45, 7) is 2.62. The van der Waals surface area contributed by atoms with Gasteiger partial charge in [0.15, 0.2) is 0 Å². The molecular formula is C8H10O2S. The van der Waals surface area contributed by atoms with Gasteiger partial charge in [-0.25, -0.2) is 0 Å². The van der Waals surface area contributed by atoms with Crippen LogP contribution in [0.1, 0.15) is 6.92 Å². The lowest BCUT2D eigenvalue weighted by molar-refractivity contribution is 0.401. The maximum Gasteiger partial charge on any atom is 0.115 e. The molecule has 0 amide bonds. The molecule has 0 unspecified atom stereocenters. The lowest BCUT2D eigenvalue weighted by atomic mass is 10.3. The number of aromatic hydroxyl groups is 1. The molecule has 0 radical (unpaired) electrons. The Morgan fingerprint density at radius 3 is 2.55 bits per heavy atom. The molecule has 0 aliphatic carbocycles. The number of phenols is 1. The topological polar surface area (TPSA) is 29.5 Å². The Kier molecular flexibility index (Phi) is 3.26. The summed E-state index contributed by atoms with van der Waals surface area (Å²) in [6.07, 6.45) is 0. The number of benzene rings is 1. The summed E-state index contributed by atoms with van der Waals surface area (Å²) in [4.78, 5) is 1.00. The van der Waals surface area contributed by atoms with Crippen molar-refractivity contribution in [1.82, 2.24) is 0 Å². The van der Waals surface area contributed by atoms with E-state index >= 15 is 0 Å². The standard InChI is InChI=1S/C8H10O2S/c1-2-10-11-8-5-3-7(9)4-6-8/h3-6,9H,2H2,1H3. The van der Waals surface area contributed by atoms with Gasteiger partial charge in [-0.05, 0) is 31.2 Å². The highest BCUT2D eigenvalue weighted by molar-refractivity contribution is 7.94. The SMILES string of the molecule is CCOSc1ccc(O)cc1. The van der Waals surface area contributed by atoms with Gasteiger partial charge >= 0.3 is 0 Å². The van der Waals surface area contributed by atoms with E-state index in [0.717, 1.165) is 4.90 Å². The van der Waals surface area contributed by atoms with Crippen LogP contribution >= 0.6 is 12.0 Å². The maximum absolute atomic E-state index is 8.93. The minimum atomic E-state index is 0.283. The first-order valence-corrected chi connectivity index (χ1v) is 4.15. The fourth-order valence-electron chi connectivity index (χ4n) is 0.629. The fraction of sp³-hybridized carbons (Fsp3) is 0.250. The molecule has 0 fully saturated rings. The number of rotatable bonds is 3. The predicted molar refractivity (Wildman–Crippen MR) is 45.6 cm³/mol. The predicted octanol–water partition coefficient (Wildman–Crippen LogP) is 2.44. The van der Waals surface area contributed by atoms with Crippen molar-refractivity contribution in [2.24, 2.45) is 0 Å². The second-order valence-electron chi connectivity index (χ2n) is 1.98. The van der Waals surface area contributed by atoms with Gasteiger partial charge in [0.05, 0.1) is 6.61 Å². The molecule has 0 saturated heterocycles. The highest BCUT2D eigenvalue weighted by atomic mass is 32.2. The van der Waals surface area contributed by atoms with Gasteiger partial charge in [-0.3, -0.25) is 0 Å². The molecule has 60 valence electrons. The summed E-state index contributed by atoms with van der Waals surface area (Å²) >= 11 is 1.32. The van der Waals surface area contributed by atoms with E-state index < -0.39 is 0 Å². The van der Waals surface area contributed by atoms with Crippen LogP contribution in [-0.2, 0) is 4.18 Å². The van der Waals surface area contributed by atoms with Gasteiger partial charge in [-0.1, -0.05) is 0 Å². The van der Waals surface area contributed by atoms with Gasteiger partial charge in [0, 0.05) is 16.9 Å². The molecule has 2 nitrogen and oxygen atoms in total. The van der Waals surface area contributed by atoms with Gasteiger partial charge in [0.25, 0.3) is 0 Å². The average molecular weight is 170 g/mol. The molecule has 0 spiro atoms. The third-order valence-corrected chi connectivity index (χ3v) is 1.93. The zero-order valence-electron chi connectivity index (χ0n) is 6.28. The van der Waals surface area contributed by atoms with Crippen LogP contribution in [0.5, 0.6) is 5.75 Å². The molecule has 1 N–H and O–H groups in total. The second-order valence-corrected chi connectivity index (χ2v) is 2.86. The van der Waals surface area contributed by atoms with E-state index in [1.165, 1.54) is 12.0 Å². The molecule has 0 aromatic heterocycles. The largest absolute Gasteiger partial charge is 0.508 e. The molecule has 11 heavy (non-hydrogen) atoms. The van der Waals surface area contributed by atoms with Crippen LogP contribution in [0.25, 0.3) is 0 Å². The molecule has 0 bridgehead atoms. The first-order chi connectivity index (χ1) is 5.33. The van der Waals surface area contributed by atoms with Crippen molar-refractivity contribution >= 4 is 12.0 Å². The smallest absolute Gasteiger partial charge is 0.115 e. The zero-order chi connectivity index (χ0) is 8.10. The Balaban J connectivity index is 2.52. The van der Waals surface area contributed by atoms with Gasteiger partial charge in [0.2, 0.25) is 0 Å². The van der Waals surface area contributed by atoms with Gasteiger partial charge in [-0.15, -0.1) is 0 Å². The maximum atomic E-state index is 8.93. The van der Waals surface area contributed by atoms with Crippen molar-refractivity contribution in [1.29, 1.82) is 0 Å². The highest BCUT2D eigenvalue weighted by Gasteiger charge is 1.92. The monoisotopic (exact) mass is 170 g/mol. The molecule has 1 aromatic carbocycles. The molecule has 0 heterocycles. The van der Waals surface area contributed by atoms with Crippen molar-refractivity contribution in [2.75, 3.05) is 6.61 Å². The number of phenolic OH excluding ortho intramolecular Hbond substituents is 1. The van der Waals surface area contributed by atoms with Crippen molar-refractivity contribution < 1.29 is 9.29 Å². The van der Waals surface area contributed by atoms with Gasteiger partial charge in [0.1, 0.15) is 5.75 Å². The molecule has 0 atom stereocenters. The first kappa shape index (κ1) is 8.43. The van der Waals surface area contributed by atoms with Crippen LogP contribution in [0.15, 0.2) is 29.2 Å². The molecule has 0 aliphatic rings. The lowest BCUT2D eigenvalue weighted by Gasteiger charge is -1.98. The summed E-state index contributed by atoms with van der Waals surface area (Å²) in [5, 5.41) is 8.93. The molecule has 3 heteroatoms. The molecule has 1 rings (SSSR count). The Morgan fingerprint density at radius 2 is 2.00 bits per heavy atom. The summed E-state index contributed by atoms with van der Waals surface area (Å²) < 4.78 is 5.09. The Morgan fingerprint density at radius 1 is 1.36 bits per heavy atom. The Hall–Kier alpha value is -0.670. The third-order valence-electron chi connectivity index (χ3n) is 1.11. The van der Waals surface area contributed by atoms with Crippen LogP contribution in [0, 0.1) is 0 Å². The average Bonchev–Trinajstić information content (AvgIpc) is 2.04. The molecule has 1 aromatic rings. The van der Waals surface area contributed by atoms with Gasteiger partial charge < -0.3 is 9.29 Å². The van der Waals surface area contributed by atoms with Crippen LogP contribution in [-0.4, -0.2) is 11.7 Å². The van der Waals surface area contributed by atoms with E-state index in [0.29, 0.717) is 6.61 Å². The fourth-order valence-corrected chi connectivity index (χ4v) is 1.13. The molecular weight excluding hydrogens is 160 g/mol. The molecule has 0 saturated carbocycles. The lowest BCUT2D eigenvalue weighted by Crippen LogP contribution is -1.77. The van der Waals surface area contributed by atoms with Gasteiger partial charge in [-0.2, -0.15) is 0 Å². The molecule has 0 aliphatic heterocycles. The van der Waals surface area contributed by atoms with E-state index in [4.69, 9.17) is 9.29 Å². The van der Waals surface area contributed by atoms with Crippen molar-refractivity contribution in [3.8, 4) is 5.75 Å². The minimum Gasteiger partial charge on any atom is -0.508 e. The van der Waals surface area contributed by atoms with Crippen molar-refractivity contribution in [3.63, 3.8) is 0 Å². The summed E-state index contributed by atoms with van der Waals surface area (Å²) in [5.74, 6) is 0.283. The normalized spacial score (nSPS) is 9.91. The summed E-state index contributed by atoms with van der Waals surface area (Å²) in [5.41, 5.74) is 0. The van der Waals surface area contributed by atoms with E-state index in [1.807, 2.05) is 19.1 Å². The van der Waals surface area contributed by atoms with Crippen molar-refractivity contribution in [2.45, 2.75) is 11.8 Å². The Labute approximate surface area is 70.4 Å². The highest BCUT2D eigenvalue weighted by Crippen LogP contribution is 2.20. The van der Waals surface area contributed by atoms with Crippen molar-refractivity contribution in [3.05, 3.63) is 24.3 Å². The van der Waals surface area contributed by atoms with Crippen LogP contribution in [0.2, 0.25) is 0 Å². The van der Waals surface area contributed by atoms with E-state index in [9.17, 15) is 0 Å². The zero-order valence-corrected chi connectivity index (χ0v) is 7.10.